The highest BCUT2D eigenvalue weighted by Gasteiger charge is 2.31. The van der Waals surface area contributed by atoms with Crippen molar-refractivity contribution >= 4 is 52.3 Å². The zero-order valence-electron chi connectivity index (χ0n) is 18.4. The molecule has 0 unspecified atom stereocenters. The first-order chi connectivity index (χ1) is 16.5. The quantitative estimate of drug-likeness (QED) is 0.319. The Kier molecular flexibility index (Phi) is 8.48. The number of nitrogens with zero attached hydrogens (tertiary/aromatic N) is 1. The maximum Gasteiger partial charge on any atom is 0.416 e. The van der Waals surface area contributed by atoms with Crippen LogP contribution in [-0.2, 0) is 6.18 Å². The molecule has 4 amide bonds. The van der Waals surface area contributed by atoms with Crippen molar-refractivity contribution in [3.8, 4) is 0 Å². The molecule has 0 aliphatic heterocycles. The Bertz CT molecular complexity index is 1200. The Morgan fingerprint density at radius 3 is 2.31 bits per heavy atom. The largest absolute Gasteiger partial charge is 0.416 e. The third-order valence-electron chi connectivity index (χ3n) is 4.85. The number of hydrogen-bond donors (Lipinski definition) is 3. The van der Waals surface area contributed by atoms with E-state index in [1.165, 1.54) is 12.1 Å². The third-order valence-corrected chi connectivity index (χ3v) is 5.67. The van der Waals surface area contributed by atoms with Gasteiger partial charge in [0, 0.05) is 24.5 Å². The van der Waals surface area contributed by atoms with Crippen molar-refractivity contribution in [1.82, 2.24) is 5.32 Å². The summed E-state index contributed by atoms with van der Waals surface area (Å²) in [5.74, 6) is 0. The molecule has 3 N–H and O–H groups in total. The number of rotatable bonds is 6. The number of alkyl halides is 3. The smallest absolute Gasteiger partial charge is 0.336 e. The fourth-order valence-electron chi connectivity index (χ4n) is 3.07. The van der Waals surface area contributed by atoms with Crippen LogP contribution in [0.1, 0.15) is 11.1 Å². The van der Waals surface area contributed by atoms with Gasteiger partial charge in [0.2, 0.25) is 0 Å². The third kappa shape index (κ3) is 7.27. The molecular weight excluding hydrogens is 504 g/mol. The number of carbonyl (C=O) groups is 2. The molecule has 0 fully saturated rings. The van der Waals surface area contributed by atoms with Gasteiger partial charge in [0.1, 0.15) is 0 Å². The maximum absolute atomic E-state index is 13.2. The molecule has 0 aliphatic rings. The van der Waals surface area contributed by atoms with Gasteiger partial charge in [-0.1, -0.05) is 53.0 Å². The number of carbonyl (C=O) groups excluding carboxylic acids is 2. The molecule has 0 saturated heterocycles. The van der Waals surface area contributed by atoms with Gasteiger partial charge in [-0.25, -0.2) is 9.59 Å². The summed E-state index contributed by atoms with van der Waals surface area (Å²) in [5.41, 5.74) is 0.851. The Hall–Kier alpha value is -3.43. The van der Waals surface area contributed by atoms with Crippen LogP contribution in [0.2, 0.25) is 10.0 Å². The second kappa shape index (κ2) is 11.3. The van der Waals surface area contributed by atoms with Crippen molar-refractivity contribution in [3.63, 3.8) is 0 Å². The Morgan fingerprint density at radius 2 is 1.63 bits per heavy atom. The van der Waals surface area contributed by atoms with Gasteiger partial charge in [0.25, 0.3) is 0 Å². The Morgan fingerprint density at radius 1 is 0.943 bits per heavy atom. The van der Waals surface area contributed by atoms with Gasteiger partial charge in [-0.2, -0.15) is 13.2 Å². The van der Waals surface area contributed by atoms with Crippen LogP contribution in [0.3, 0.4) is 0 Å². The highest BCUT2D eigenvalue weighted by atomic mass is 35.5. The fraction of sp³-hybridized carbons (Fsp3) is 0.167. The molecule has 0 aromatic heterocycles. The van der Waals surface area contributed by atoms with Crippen LogP contribution in [0.25, 0.3) is 0 Å². The van der Waals surface area contributed by atoms with Crippen molar-refractivity contribution in [2.45, 2.75) is 13.1 Å². The Labute approximate surface area is 210 Å². The predicted octanol–water partition coefficient (Wildman–Crippen LogP) is 7.18. The van der Waals surface area contributed by atoms with Crippen LogP contribution in [-0.4, -0.2) is 25.2 Å². The van der Waals surface area contributed by atoms with Gasteiger partial charge < -0.3 is 16.0 Å². The number of nitrogens with one attached hydrogen (secondary N) is 3. The lowest BCUT2D eigenvalue weighted by molar-refractivity contribution is -0.137. The van der Waals surface area contributed by atoms with E-state index in [1.54, 1.807) is 42.5 Å². The van der Waals surface area contributed by atoms with Crippen molar-refractivity contribution in [3.05, 3.63) is 87.9 Å². The fourth-order valence-corrected chi connectivity index (χ4v) is 3.42. The van der Waals surface area contributed by atoms with E-state index in [1.807, 2.05) is 6.92 Å². The summed E-state index contributed by atoms with van der Waals surface area (Å²) in [7, 11) is 0. The minimum atomic E-state index is -4.58. The highest BCUT2D eigenvalue weighted by molar-refractivity contribution is 6.43. The summed E-state index contributed by atoms with van der Waals surface area (Å²) in [6.07, 6.45) is -4.58. The first kappa shape index (κ1) is 26.2. The number of hydrogen-bond acceptors (Lipinski definition) is 2. The number of urea groups is 2. The molecule has 0 saturated carbocycles. The summed E-state index contributed by atoms with van der Waals surface area (Å²) in [4.78, 5) is 26.4. The van der Waals surface area contributed by atoms with E-state index >= 15 is 0 Å². The molecule has 35 heavy (non-hydrogen) atoms. The zero-order chi connectivity index (χ0) is 25.6. The van der Waals surface area contributed by atoms with Gasteiger partial charge in [-0.3, -0.25) is 4.90 Å². The van der Waals surface area contributed by atoms with Crippen LogP contribution in [0.5, 0.6) is 0 Å². The molecule has 184 valence electrons. The summed E-state index contributed by atoms with van der Waals surface area (Å²) >= 11 is 12.0. The van der Waals surface area contributed by atoms with Gasteiger partial charge in [0.05, 0.1) is 21.3 Å². The lowest BCUT2D eigenvalue weighted by atomic mass is 10.2. The lowest BCUT2D eigenvalue weighted by Gasteiger charge is -2.24. The number of aryl methyl sites for hydroxylation is 1. The van der Waals surface area contributed by atoms with E-state index in [0.29, 0.717) is 5.69 Å². The predicted molar refractivity (Wildman–Crippen MR) is 132 cm³/mol. The first-order valence-electron chi connectivity index (χ1n) is 10.4. The summed E-state index contributed by atoms with van der Waals surface area (Å²) in [6.45, 7) is 1.70. The lowest BCUT2D eigenvalue weighted by Crippen LogP contribution is -2.42. The molecule has 6 nitrogen and oxygen atoms in total. The van der Waals surface area contributed by atoms with E-state index in [4.69, 9.17) is 23.2 Å². The molecule has 0 radical (unpaired) electrons. The topological polar surface area (TPSA) is 73.5 Å². The van der Waals surface area contributed by atoms with Crippen molar-refractivity contribution in [2.24, 2.45) is 0 Å². The number of amides is 4. The Balaban J connectivity index is 1.74. The summed E-state index contributed by atoms with van der Waals surface area (Å²) in [5, 5.41) is 8.17. The van der Waals surface area contributed by atoms with Crippen molar-refractivity contribution < 1.29 is 22.8 Å². The maximum atomic E-state index is 13.2. The van der Waals surface area contributed by atoms with Crippen LogP contribution >= 0.6 is 23.2 Å². The molecule has 0 bridgehead atoms. The molecule has 3 rings (SSSR count). The summed E-state index contributed by atoms with van der Waals surface area (Å²) < 4.78 is 39.7. The van der Waals surface area contributed by atoms with E-state index in [2.05, 4.69) is 16.0 Å². The number of benzene rings is 3. The van der Waals surface area contributed by atoms with Crippen molar-refractivity contribution in [2.75, 3.05) is 28.6 Å². The number of halogens is 5. The minimum Gasteiger partial charge on any atom is -0.336 e. The van der Waals surface area contributed by atoms with Crippen LogP contribution in [0, 0.1) is 6.92 Å². The van der Waals surface area contributed by atoms with Gasteiger partial charge in [-0.15, -0.1) is 0 Å². The molecular formula is C24H21Cl2F3N4O2. The molecule has 3 aromatic carbocycles. The molecule has 0 aliphatic carbocycles. The number of anilines is 3. The monoisotopic (exact) mass is 524 g/mol. The van der Waals surface area contributed by atoms with E-state index in [-0.39, 0.29) is 34.5 Å². The van der Waals surface area contributed by atoms with E-state index < -0.39 is 23.8 Å². The summed E-state index contributed by atoms with van der Waals surface area (Å²) in [6, 6.07) is 14.8. The molecule has 0 heterocycles. The highest BCUT2D eigenvalue weighted by Crippen LogP contribution is 2.32. The minimum absolute atomic E-state index is 0.0181. The first-order valence-corrected chi connectivity index (χ1v) is 11.1. The normalized spacial score (nSPS) is 11.0. The van der Waals surface area contributed by atoms with Crippen molar-refractivity contribution in [1.29, 1.82) is 0 Å². The second-order valence-corrected chi connectivity index (χ2v) is 8.26. The molecule has 0 spiro atoms. The van der Waals surface area contributed by atoms with Gasteiger partial charge in [0.15, 0.2) is 0 Å². The SMILES string of the molecule is Cc1ccc(NC(=O)N(CCNC(=O)Nc2cccc(Cl)c2Cl)c2cccc(C(F)(F)F)c2)cc1. The van der Waals surface area contributed by atoms with E-state index in [9.17, 15) is 22.8 Å². The van der Waals surface area contributed by atoms with Crippen LogP contribution in [0.15, 0.2) is 66.7 Å². The molecule has 11 heteroatoms. The molecule has 3 aromatic rings. The standard InChI is InChI=1S/C24H21Cl2F3N4O2/c1-15-8-10-17(11-9-15)31-23(35)33(18-5-2-4-16(14-18)24(27,28)29)13-12-30-22(34)32-20-7-3-6-19(25)21(20)26/h2-11,14H,12-13H2,1H3,(H,31,35)(H2,30,32,34). The second-order valence-electron chi connectivity index (χ2n) is 7.48. The average molecular weight is 525 g/mol. The molecule has 0 atom stereocenters. The van der Waals surface area contributed by atoms with Crippen LogP contribution in [0.4, 0.5) is 39.8 Å². The van der Waals surface area contributed by atoms with Gasteiger partial charge in [-0.05, 0) is 49.4 Å². The zero-order valence-corrected chi connectivity index (χ0v) is 19.9. The average Bonchev–Trinajstić information content (AvgIpc) is 2.81. The van der Waals surface area contributed by atoms with E-state index in [0.717, 1.165) is 22.6 Å². The van der Waals surface area contributed by atoms with Gasteiger partial charge >= 0.3 is 18.2 Å². The van der Waals surface area contributed by atoms with Crippen LogP contribution < -0.4 is 20.9 Å².